The standard InChI is InChI=1S/C11H15N3OS/c1-3-7-14-10(12-13-11(14)16)9-6-5-8(4-2)15-9/h5-6H,3-4,7H2,1-2H3,(H,13,16). The van der Waals surface area contributed by atoms with Crippen molar-refractivity contribution in [3.63, 3.8) is 0 Å². The minimum Gasteiger partial charge on any atom is -0.458 e. The highest BCUT2D eigenvalue weighted by Gasteiger charge is 2.11. The van der Waals surface area contributed by atoms with Crippen LogP contribution in [0.25, 0.3) is 11.6 Å². The normalized spacial score (nSPS) is 10.9. The third-order valence-corrected chi connectivity index (χ3v) is 2.75. The first-order valence-electron chi connectivity index (χ1n) is 5.50. The van der Waals surface area contributed by atoms with Gasteiger partial charge in [-0.05, 0) is 30.8 Å². The van der Waals surface area contributed by atoms with E-state index in [1.54, 1.807) is 0 Å². The molecule has 2 aromatic rings. The van der Waals surface area contributed by atoms with E-state index in [2.05, 4.69) is 24.0 Å². The van der Waals surface area contributed by atoms with Gasteiger partial charge in [-0.2, -0.15) is 5.10 Å². The molecule has 0 fully saturated rings. The van der Waals surface area contributed by atoms with Crippen LogP contribution in [0.1, 0.15) is 26.0 Å². The topological polar surface area (TPSA) is 46.8 Å². The van der Waals surface area contributed by atoms with Crippen molar-refractivity contribution in [2.45, 2.75) is 33.2 Å². The van der Waals surface area contributed by atoms with Crippen LogP contribution in [0, 0.1) is 4.77 Å². The maximum atomic E-state index is 5.67. The van der Waals surface area contributed by atoms with Crippen molar-refractivity contribution >= 4 is 12.2 Å². The Bertz CT molecular complexity index is 523. The van der Waals surface area contributed by atoms with Crippen molar-refractivity contribution in [1.82, 2.24) is 14.8 Å². The lowest BCUT2D eigenvalue weighted by atomic mass is 10.3. The van der Waals surface area contributed by atoms with Gasteiger partial charge in [0, 0.05) is 13.0 Å². The average molecular weight is 237 g/mol. The molecule has 1 N–H and O–H groups in total. The van der Waals surface area contributed by atoms with Gasteiger partial charge in [0.2, 0.25) is 0 Å². The van der Waals surface area contributed by atoms with Gasteiger partial charge in [-0.25, -0.2) is 0 Å². The van der Waals surface area contributed by atoms with E-state index in [4.69, 9.17) is 16.6 Å². The first-order valence-corrected chi connectivity index (χ1v) is 5.91. The van der Waals surface area contributed by atoms with Crippen LogP contribution in [-0.2, 0) is 13.0 Å². The predicted molar refractivity (Wildman–Crippen MR) is 64.8 cm³/mol. The Labute approximate surface area is 99.3 Å². The van der Waals surface area contributed by atoms with Crippen molar-refractivity contribution in [2.75, 3.05) is 0 Å². The number of hydrogen-bond donors (Lipinski definition) is 1. The lowest BCUT2D eigenvalue weighted by molar-refractivity contribution is 0.519. The summed E-state index contributed by atoms with van der Waals surface area (Å²) in [5, 5.41) is 7.01. The first kappa shape index (κ1) is 11.1. The van der Waals surface area contributed by atoms with E-state index < -0.39 is 0 Å². The third-order valence-electron chi connectivity index (χ3n) is 2.44. The fourth-order valence-corrected chi connectivity index (χ4v) is 1.85. The summed E-state index contributed by atoms with van der Waals surface area (Å²) in [7, 11) is 0. The van der Waals surface area contributed by atoms with Gasteiger partial charge in [-0.3, -0.25) is 9.67 Å². The van der Waals surface area contributed by atoms with Gasteiger partial charge in [0.05, 0.1) is 0 Å². The molecule has 0 aliphatic rings. The molecule has 0 amide bonds. The third kappa shape index (κ3) is 1.95. The molecule has 0 saturated carbocycles. The second-order valence-electron chi connectivity index (χ2n) is 3.62. The van der Waals surface area contributed by atoms with Gasteiger partial charge >= 0.3 is 0 Å². The van der Waals surface area contributed by atoms with Gasteiger partial charge in [0.25, 0.3) is 0 Å². The fraction of sp³-hybridized carbons (Fsp3) is 0.455. The molecule has 0 atom stereocenters. The number of furan rings is 1. The smallest absolute Gasteiger partial charge is 0.198 e. The number of aromatic nitrogens is 3. The van der Waals surface area contributed by atoms with Crippen LogP contribution in [0.15, 0.2) is 16.5 Å². The average Bonchev–Trinajstić information content (AvgIpc) is 2.87. The van der Waals surface area contributed by atoms with Gasteiger partial charge in [-0.1, -0.05) is 13.8 Å². The van der Waals surface area contributed by atoms with Crippen molar-refractivity contribution in [3.05, 3.63) is 22.7 Å². The summed E-state index contributed by atoms with van der Waals surface area (Å²) in [4.78, 5) is 0. The Balaban J connectivity index is 2.43. The van der Waals surface area contributed by atoms with E-state index in [1.807, 2.05) is 16.7 Å². The van der Waals surface area contributed by atoms with Crippen LogP contribution in [0.5, 0.6) is 0 Å². The highest BCUT2D eigenvalue weighted by Crippen LogP contribution is 2.20. The zero-order valence-corrected chi connectivity index (χ0v) is 10.3. The molecule has 0 aliphatic heterocycles. The molecule has 86 valence electrons. The molecular weight excluding hydrogens is 222 g/mol. The second-order valence-corrected chi connectivity index (χ2v) is 4.01. The van der Waals surface area contributed by atoms with Crippen molar-refractivity contribution < 1.29 is 4.42 Å². The highest BCUT2D eigenvalue weighted by molar-refractivity contribution is 7.71. The molecule has 0 saturated heterocycles. The van der Waals surface area contributed by atoms with Gasteiger partial charge in [0.15, 0.2) is 16.4 Å². The van der Waals surface area contributed by atoms with Crippen molar-refractivity contribution in [2.24, 2.45) is 0 Å². The summed E-state index contributed by atoms with van der Waals surface area (Å²) in [5.41, 5.74) is 0. The predicted octanol–water partition coefficient (Wildman–Crippen LogP) is 3.17. The van der Waals surface area contributed by atoms with Crippen LogP contribution >= 0.6 is 12.2 Å². The van der Waals surface area contributed by atoms with Crippen molar-refractivity contribution in [1.29, 1.82) is 0 Å². The van der Waals surface area contributed by atoms with Crippen LogP contribution in [0.4, 0.5) is 0 Å². The largest absolute Gasteiger partial charge is 0.458 e. The minimum atomic E-state index is 0.645. The molecule has 0 radical (unpaired) electrons. The molecule has 0 unspecified atom stereocenters. The zero-order valence-electron chi connectivity index (χ0n) is 9.49. The van der Waals surface area contributed by atoms with E-state index in [-0.39, 0.29) is 0 Å². The van der Waals surface area contributed by atoms with Crippen LogP contribution in [-0.4, -0.2) is 14.8 Å². The van der Waals surface area contributed by atoms with Gasteiger partial charge in [-0.15, -0.1) is 0 Å². The summed E-state index contributed by atoms with van der Waals surface area (Å²) in [6.45, 7) is 5.02. The van der Waals surface area contributed by atoms with Crippen molar-refractivity contribution in [3.8, 4) is 11.6 Å². The maximum absolute atomic E-state index is 5.67. The fourth-order valence-electron chi connectivity index (χ4n) is 1.62. The number of aryl methyl sites for hydroxylation is 1. The van der Waals surface area contributed by atoms with E-state index in [9.17, 15) is 0 Å². The second kappa shape index (κ2) is 4.65. The summed E-state index contributed by atoms with van der Waals surface area (Å²) < 4.78 is 8.28. The molecule has 5 heteroatoms. The Morgan fingerprint density at radius 2 is 2.25 bits per heavy atom. The van der Waals surface area contributed by atoms with Crippen LogP contribution < -0.4 is 0 Å². The minimum absolute atomic E-state index is 0.645. The highest BCUT2D eigenvalue weighted by atomic mass is 32.1. The molecule has 16 heavy (non-hydrogen) atoms. The molecular formula is C11H15N3OS. The lowest BCUT2D eigenvalue weighted by Gasteiger charge is -2.01. The molecule has 4 nitrogen and oxygen atoms in total. The Hall–Kier alpha value is -1.36. The maximum Gasteiger partial charge on any atom is 0.198 e. The Kier molecular flexibility index (Phi) is 3.24. The first-order chi connectivity index (χ1) is 7.76. The number of nitrogens with one attached hydrogen (secondary N) is 1. The monoisotopic (exact) mass is 237 g/mol. The molecule has 2 heterocycles. The Morgan fingerprint density at radius 3 is 2.88 bits per heavy atom. The molecule has 0 aliphatic carbocycles. The number of rotatable bonds is 4. The van der Waals surface area contributed by atoms with Crippen LogP contribution in [0.3, 0.4) is 0 Å². The number of aromatic amines is 1. The molecule has 0 bridgehead atoms. The number of nitrogens with zero attached hydrogens (tertiary/aromatic N) is 2. The van der Waals surface area contributed by atoms with E-state index >= 15 is 0 Å². The summed E-state index contributed by atoms with van der Waals surface area (Å²) in [5.74, 6) is 2.52. The van der Waals surface area contributed by atoms with Crippen LogP contribution in [0.2, 0.25) is 0 Å². The van der Waals surface area contributed by atoms with Gasteiger partial charge < -0.3 is 4.42 Å². The number of hydrogen-bond acceptors (Lipinski definition) is 3. The summed E-state index contributed by atoms with van der Waals surface area (Å²) >= 11 is 5.18. The van der Waals surface area contributed by atoms with Gasteiger partial charge in [0.1, 0.15) is 5.76 Å². The zero-order chi connectivity index (χ0) is 11.5. The molecule has 2 rings (SSSR count). The molecule has 2 aromatic heterocycles. The van der Waals surface area contributed by atoms with E-state index in [1.165, 1.54) is 0 Å². The summed E-state index contributed by atoms with van der Waals surface area (Å²) in [6, 6.07) is 3.92. The van der Waals surface area contributed by atoms with E-state index in [0.29, 0.717) is 4.77 Å². The number of H-pyrrole nitrogens is 1. The summed E-state index contributed by atoms with van der Waals surface area (Å²) in [6.07, 6.45) is 1.90. The molecule has 0 spiro atoms. The SMILES string of the molecule is CCCn1c(-c2ccc(CC)o2)n[nH]c1=S. The quantitative estimate of drug-likeness (QED) is 0.831. The Morgan fingerprint density at radius 1 is 1.44 bits per heavy atom. The van der Waals surface area contributed by atoms with E-state index in [0.717, 1.165) is 36.7 Å². The molecule has 0 aromatic carbocycles. The lowest BCUT2D eigenvalue weighted by Crippen LogP contribution is -1.99.